The summed E-state index contributed by atoms with van der Waals surface area (Å²) in [5.74, 6) is 1.31. The molecule has 1 atom stereocenters. The molecular weight excluding hydrogens is 316 g/mol. The predicted octanol–water partition coefficient (Wildman–Crippen LogP) is 2.24. The second-order valence-electron chi connectivity index (χ2n) is 5.97. The van der Waals surface area contributed by atoms with Crippen molar-refractivity contribution in [3.63, 3.8) is 0 Å². The third kappa shape index (κ3) is 3.13. The SMILES string of the molecule is O=C1NCCCC[C@@H]1n1ccnc1-c1cnc(-c2ccccn2)nc1. The van der Waals surface area contributed by atoms with Crippen LogP contribution in [0.3, 0.4) is 0 Å². The number of amides is 1. The van der Waals surface area contributed by atoms with E-state index in [9.17, 15) is 4.79 Å². The lowest BCUT2D eigenvalue weighted by molar-refractivity contribution is -0.124. The number of rotatable bonds is 3. The zero-order valence-corrected chi connectivity index (χ0v) is 13.7. The van der Waals surface area contributed by atoms with Crippen molar-refractivity contribution in [1.82, 2.24) is 29.8 Å². The second kappa shape index (κ2) is 6.80. The lowest BCUT2D eigenvalue weighted by Crippen LogP contribution is -2.30. The van der Waals surface area contributed by atoms with Gasteiger partial charge in [0, 0.05) is 37.5 Å². The van der Waals surface area contributed by atoms with Gasteiger partial charge in [-0.1, -0.05) is 6.07 Å². The van der Waals surface area contributed by atoms with Gasteiger partial charge in [0.1, 0.15) is 17.6 Å². The van der Waals surface area contributed by atoms with Crippen molar-refractivity contribution in [3.8, 4) is 22.9 Å². The summed E-state index contributed by atoms with van der Waals surface area (Å²) in [6.07, 6.45) is 11.5. The fourth-order valence-corrected chi connectivity index (χ4v) is 3.05. The van der Waals surface area contributed by atoms with E-state index in [2.05, 4.69) is 25.3 Å². The molecule has 25 heavy (non-hydrogen) atoms. The second-order valence-corrected chi connectivity index (χ2v) is 5.97. The Kier molecular flexibility index (Phi) is 4.20. The molecule has 3 aromatic heterocycles. The maximum atomic E-state index is 12.3. The third-order valence-electron chi connectivity index (χ3n) is 4.31. The Labute approximate surface area is 145 Å². The lowest BCUT2D eigenvalue weighted by Gasteiger charge is -2.17. The Morgan fingerprint density at radius 1 is 1.04 bits per heavy atom. The number of hydrogen-bond acceptors (Lipinski definition) is 5. The van der Waals surface area contributed by atoms with Gasteiger partial charge in [-0.3, -0.25) is 9.78 Å². The summed E-state index contributed by atoms with van der Waals surface area (Å²) < 4.78 is 1.92. The molecule has 0 radical (unpaired) electrons. The molecule has 7 nitrogen and oxygen atoms in total. The van der Waals surface area contributed by atoms with E-state index in [1.807, 2.05) is 29.0 Å². The molecule has 3 aromatic rings. The van der Waals surface area contributed by atoms with Crippen LogP contribution in [-0.2, 0) is 4.79 Å². The van der Waals surface area contributed by atoms with Crippen molar-refractivity contribution in [2.75, 3.05) is 6.54 Å². The molecule has 7 heteroatoms. The Bertz CT molecular complexity index is 859. The summed E-state index contributed by atoms with van der Waals surface area (Å²) in [6, 6.07) is 5.38. The van der Waals surface area contributed by atoms with Gasteiger partial charge in [0.15, 0.2) is 5.82 Å². The molecule has 1 saturated heterocycles. The minimum Gasteiger partial charge on any atom is -0.354 e. The van der Waals surface area contributed by atoms with E-state index in [4.69, 9.17) is 0 Å². The first-order valence-electron chi connectivity index (χ1n) is 8.37. The molecule has 4 heterocycles. The van der Waals surface area contributed by atoms with Crippen molar-refractivity contribution >= 4 is 5.91 Å². The van der Waals surface area contributed by atoms with Crippen LogP contribution in [-0.4, -0.2) is 37.0 Å². The van der Waals surface area contributed by atoms with Gasteiger partial charge >= 0.3 is 0 Å². The summed E-state index contributed by atoms with van der Waals surface area (Å²) in [5.41, 5.74) is 1.50. The van der Waals surface area contributed by atoms with Crippen molar-refractivity contribution in [2.24, 2.45) is 0 Å². The zero-order chi connectivity index (χ0) is 17.1. The molecule has 0 spiro atoms. The summed E-state index contributed by atoms with van der Waals surface area (Å²) in [4.78, 5) is 29.8. The molecule has 1 aliphatic heterocycles. The molecule has 4 rings (SSSR count). The molecule has 0 bridgehead atoms. The number of carbonyl (C=O) groups excluding carboxylic acids is 1. The van der Waals surface area contributed by atoms with Crippen LogP contribution in [0.2, 0.25) is 0 Å². The Morgan fingerprint density at radius 3 is 2.72 bits per heavy atom. The maximum absolute atomic E-state index is 12.3. The van der Waals surface area contributed by atoms with Crippen LogP contribution in [0, 0.1) is 0 Å². The zero-order valence-electron chi connectivity index (χ0n) is 13.7. The fourth-order valence-electron chi connectivity index (χ4n) is 3.05. The largest absolute Gasteiger partial charge is 0.354 e. The molecule has 0 aromatic carbocycles. The minimum absolute atomic E-state index is 0.0442. The van der Waals surface area contributed by atoms with Crippen molar-refractivity contribution in [2.45, 2.75) is 25.3 Å². The van der Waals surface area contributed by atoms with E-state index in [-0.39, 0.29) is 11.9 Å². The normalized spacial score (nSPS) is 17.8. The van der Waals surface area contributed by atoms with Crippen LogP contribution < -0.4 is 5.32 Å². The average Bonchev–Trinajstić information content (AvgIpc) is 3.05. The topological polar surface area (TPSA) is 85.6 Å². The fraction of sp³-hybridized carbons (Fsp3) is 0.278. The highest BCUT2D eigenvalue weighted by molar-refractivity contribution is 5.81. The van der Waals surface area contributed by atoms with Gasteiger partial charge < -0.3 is 9.88 Å². The average molecular weight is 334 g/mol. The molecule has 0 aliphatic carbocycles. The van der Waals surface area contributed by atoms with Crippen LogP contribution in [0.15, 0.2) is 49.2 Å². The number of imidazole rings is 1. The summed E-state index contributed by atoms with van der Waals surface area (Å²) in [5, 5.41) is 2.97. The number of nitrogens with one attached hydrogen (secondary N) is 1. The van der Waals surface area contributed by atoms with Gasteiger partial charge in [-0.05, 0) is 31.4 Å². The first-order chi connectivity index (χ1) is 12.3. The van der Waals surface area contributed by atoms with E-state index in [0.29, 0.717) is 11.6 Å². The van der Waals surface area contributed by atoms with Gasteiger partial charge in [0.05, 0.1) is 5.56 Å². The Balaban J connectivity index is 1.65. The summed E-state index contributed by atoms with van der Waals surface area (Å²) in [6.45, 7) is 0.737. The molecule has 0 unspecified atom stereocenters. The molecule has 1 aliphatic rings. The monoisotopic (exact) mass is 334 g/mol. The quantitative estimate of drug-likeness (QED) is 0.794. The first kappa shape index (κ1) is 15.4. The molecular formula is C18H18N6O. The predicted molar refractivity (Wildman–Crippen MR) is 92.4 cm³/mol. The van der Waals surface area contributed by atoms with Crippen LogP contribution in [0.5, 0.6) is 0 Å². The highest BCUT2D eigenvalue weighted by Gasteiger charge is 2.24. The first-order valence-corrected chi connectivity index (χ1v) is 8.37. The van der Waals surface area contributed by atoms with Crippen molar-refractivity contribution in [3.05, 3.63) is 49.2 Å². The third-order valence-corrected chi connectivity index (χ3v) is 4.31. The van der Waals surface area contributed by atoms with Crippen molar-refractivity contribution in [1.29, 1.82) is 0 Å². The van der Waals surface area contributed by atoms with Crippen molar-refractivity contribution < 1.29 is 4.79 Å². The van der Waals surface area contributed by atoms with Gasteiger partial charge in [0.25, 0.3) is 0 Å². The van der Waals surface area contributed by atoms with Crippen LogP contribution >= 0.6 is 0 Å². The standard InChI is InChI=1S/C18H18N6O/c25-18-15(6-2-4-8-21-18)24-10-9-20-17(24)13-11-22-16(23-12-13)14-5-1-3-7-19-14/h1,3,5,7,9-12,15H,2,4,6,8H2,(H,21,25)/t15-/m0/s1. The van der Waals surface area contributed by atoms with Gasteiger partial charge in [-0.15, -0.1) is 0 Å². The van der Waals surface area contributed by atoms with E-state index in [1.165, 1.54) is 0 Å². The molecule has 1 fully saturated rings. The van der Waals surface area contributed by atoms with Crippen LogP contribution in [0.4, 0.5) is 0 Å². The molecule has 1 N–H and O–H groups in total. The summed E-state index contributed by atoms with van der Waals surface area (Å²) in [7, 11) is 0. The van der Waals surface area contributed by atoms with E-state index >= 15 is 0 Å². The number of nitrogens with zero attached hydrogens (tertiary/aromatic N) is 5. The molecule has 0 saturated carbocycles. The highest BCUT2D eigenvalue weighted by Crippen LogP contribution is 2.25. The Hall–Kier alpha value is -3.09. The maximum Gasteiger partial charge on any atom is 0.243 e. The number of carbonyl (C=O) groups is 1. The molecule has 1 amide bonds. The van der Waals surface area contributed by atoms with E-state index in [1.54, 1.807) is 24.8 Å². The Morgan fingerprint density at radius 2 is 1.92 bits per heavy atom. The van der Waals surface area contributed by atoms with E-state index < -0.39 is 0 Å². The summed E-state index contributed by atoms with van der Waals surface area (Å²) >= 11 is 0. The van der Waals surface area contributed by atoms with Gasteiger partial charge in [0.2, 0.25) is 5.91 Å². The van der Waals surface area contributed by atoms with Crippen LogP contribution in [0.25, 0.3) is 22.9 Å². The van der Waals surface area contributed by atoms with Crippen LogP contribution in [0.1, 0.15) is 25.3 Å². The minimum atomic E-state index is -0.240. The molecule has 126 valence electrons. The van der Waals surface area contributed by atoms with E-state index in [0.717, 1.165) is 37.1 Å². The van der Waals surface area contributed by atoms with Gasteiger partial charge in [-0.25, -0.2) is 15.0 Å². The number of hydrogen-bond donors (Lipinski definition) is 1. The van der Waals surface area contributed by atoms with Gasteiger partial charge in [-0.2, -0.15) is 0 Å². The number of aromatic nitrogens is 5. The smallest absolute Gasteiger partial charge is 0.243 e. The lowest BCUT2D eigenvalue weighted by atomic mass is 10.1. The number of pyridine rings is 1. The highest BCUT2D eigenvalue weighted by atomic mass is 16.2.